The second-order valence-electron chi connectivity index (χ2n) is 0. The van der Waals surface area contributed by atoms with Crippen LogP contribution in [0.25, 0.3) is 0 Å². The van der Waals surface area contributed by atoms with Gasteiger partial charge in [0.1, 0.15) is 0 Å². The molecule has 0 nitrogen and oxygen atoms in total. The van der Waals surface area contributed by atoms with Crippen LogP contribution in [0.2, 0.25) is 0 Å². The van der Waals surface area contributed by atoms with E-state index in [4.69, 9.17) is 0 Å². The van der Waals surface area contributed by atoms with Gasteiger partial charge in [-0.3, -0.25) is 28.2 Å². The fourth-order valence-corrected chi connectivity index (χ4v) is 0. The average Bonchev–Trinajstić information content (AvgIpc) is 0. The number of hydrogen-bond donors (Lipinski definition) is 0. The van der Waals surface area contributed by atoms with Crippen LogP contribution in [0.5, 0.6) is 0 Å². The first-order valence-corrected chi connectivity index (χ1v) is 0. The van der Waals surface area contributed by atoms with Crippen LogP contribution in [0.1, 0.15) is 0 Å². The Morgan fingerprint density at radius 1 is 0.286 bits per heavy atom. The number of hydrogen-bond acceptors (Lipinski definition) is 0. The Kier molecular flexibility index (Phi) is 106000000. The zero-order chi connectivity index (χ0) is 0. The molecule has 0 spiro atoms. The Bertz CT molecular complexity index is 4.14. The van der Waals surface area contributed by atoms with Gasteiger partial charge < -0.3 is 0 Å². The third-order valence-corrected chi connectivity index (χ3v) is 0. The Hall–Kier alpha value is 0.0865. The molecule has 0 aliphatic carbocycles. The van der Waals surface area contributed by atoms with Crippen LogP contribution < -0.4 is 0 Å². The number of halogens is 6. The zero-order valence-corrected chi connectivity index (χ0v) is 3.82. The molecule has 0 saturated carbocycles. The van der Waals surface area contributed by atoms with Crippen LogP contribution in [0.4, 0.5) is 28.2 Å². The molecular formula is H6CoF6. The summed E-state index contributed by atoms with van der Waals surface area (Å²) in [5, 5.41) is 0. The van der Waals surface area contributed by atoms with Gasteiger partial charge in [0.05, 0.1) is 0 Å². The van der Waals surface area contributed by atoms with Crippen LogP contribution in [-0.2, 0) is 16.8 Å². The molecule has 57 valence electrons. The van der Waals surface area contributed by atoms with Crippen molar-refractivity contribution in [2.24, 2.45) is 0 Å². The summed E-state index contributed by atoms with van der Waals surface area (Å²) in [7, 11) is 0. The van der Waals surface area contributed by atoms with Gasteiger partial charge in [0.2, 0.25) is 0 Å². The molecule has 0 saturated heterocycles. The fraction of sp³-hybridized carbons (Fsp3) is 0. The van der Waals surface area contributed by atoms with E-state index in [1.807, 2.05) is 0 Å². The minimum absolute atomic E-state index is 0. The maximum absolute atomic E-state index is 0. The van der Waals surface area contributed by atoms with Gasteiger partial charge in [-0.05, 0) is 0 Å². The molecule has 0 aromatic rings. The van der Waals surface area contributed by atoms with Crippen LogP contribution in [-0.4, -0.2) is 0 Å². The summed E-state index contributed by atoms with van der Waals surface area (Å²) >= 11 is 0. The van der Waals surface area contributed by atoms with Crippen molar-refractivity contribution in [1.29, 1.82) is 0 Å². The topological polar surface area (TPSA) is 0 Å². The minimum atomic E-state index is 0. The molecule has 0 amide bonds. The van der Waals surface area contributed by atoms with Crippen molar-refractivity contribution in [2.45, 2.75) is 0 Å². The van der Waals surface area contributed by atoms with Crippen molar-refractivity contribution in [3.05, 3.63) is 0 Å². The summed E-state index contributed by atoms with van der Waals surface area (Å²) in [5.41, 5.74) is 0. The molecule has 1 radical (unpaired) electrons. The SMILES string of the molecule is F.F.F.F.F.F.[Co]. The Morgan fingerprint density at radius 3 is 0.286 bits per heavy atom. The predicted octanol–water partition coefficient (Wildman–Crippen LogP) is 0.912. The summed E-state index contributed by atoms with van der Waals surface area (Å²) in [6.07, 6.45) is 0. The van der Waals surface area contributed by atoms with Crippen molar-refractivity contribution in [3.8, 4) is 0 Å². The van der Waals surface area contributed by atoms with Gasteiger partial charge in [0.25, 0.3) is 0 Å². The quantitative estimate of drug-likeness (QED) is 0.485. The maximum Gasteiger partial charge on any atom is 0 e. The molecule has 7 heteroatoms. The molecule has 0 fully saturated rings. The van der Waals surface area contributed by atoms with E-state index < -0.39 is 0 Å². The molecule has 0 aromatic carbocycles. The first-order chi connectivity index (χ1) is 0. The van der Waals surface area contributed by atoms with Gasteiger partial charge in [-0.2, -0.15) is 0 Å². The van der Waals surface area contributed by atoms with E-state index in [1.165, 1.54) is 0 Å². The van der Waals surface area contributed by atoms with Crippen molar-refractivity contribution in [2.75, 3.05) is 0 Å². The van der Waals surface area contributed by atoms with Gasteiger partial charge >= 0.3 is 0 Å². The average molecular weight is 179 g/mol. The predicted molar refractivity (Wildman–Crippen MR) is 15.0 cm³/mol. The molecular weight excluding hydrogens is 173 g/mol. The molecule has 0 rings (SSSR count). The monoisotopic (exact) mass is 179 g/mol. The van der Waals surface area contributed by atoms with Crippen LogP contribution in [0.3, 0.4) is 0 Å². The Balaban J connectivity index is 0. The van der Waals surface area contributed by atoms with Crippen molar-refractivity contribution < 1.29 is 45.0 Å². The van der Waals surface area contributed by atoms with E-state index in [-0.39, 0.29) is 45.0 Å². The van der Waals surface area contributed by atoms with E-state index in [0.29, 0.717) is 0 Å². The zero-order valence-electron chi connectivity index (χ0n) is 2.78. The van der Waals surface area contributed by atoms with Gasteiger partial charge in [-0.15, -0.1) is 0 Å². The molecule has 0 atom stereocenters. The second kappa shape index (κ2) is 21000. The summed E-state index contributed by atoms with van der Waals surface area (Å²) in [6.45, 7) is 0. The van der Waals surface area contributed by atoms with Gasteiger partial charge in [-0.25, -0.2) is 0 Å². The second-order valence-corrected chi connectivity index (χ2v) is 0. The third kappa shape index (κ3) is 13600. The first kappa shape index (κ1) is 35100. The van der Waals surface area contributed by atoms with Crippen molar-refractivity contribution >= 4 is 0 Å². The summed E-state index contributed by atoms with van der Waals surface area (Å²) in [4.78, 5) is 0. The Morgan fingerprint density at radius 2 is 0.286 bits per heavy atom. The molecule has 0 bridgehead atoms. The van der Waals surface area contributed by atoms with Crippen LogP contribution in [0, 0.1) is 0 Å². The fourth-order valence-electron chi connectivity index (χ4n) is 0. The largest absolute Gasteiger partial charge is 0.269 e. The van der Waals surface area contributed by atoms with Crippen molar-refractivity contribution in [1.82, 2.24) is 0 Å². The van der Waals surface area contributed by atoms with E-state index in [2.05, 4.69) is 0 Å². The molecule has 0 unspecified atom stereocenters. The molecule has 0 aromatic heterocycles. The van der Waals surface area contributed by atoms with Gasteiger partial charge in [0, 0.05) is 16.8 Å². The maximum atomic E-state index is 0. The minimum Gasteiger partial charge on any atom is -0.269 e. The Labute approximate surface area is 46.1 Å². The van der Waals surface area contributed by atoms with Crippen molar-refractivity contribution in [3.63, 3.8) is 0 Å². The molecule has 0 aliphatic heterocycles. The van der Waals surface area contributed by atoms with E-state index in [0.717, 1.165) is 0 Å². The molecule has 0 aliphatic rings. The summed E-state index contributed by atoms with van der Waals surface area (Å²) in [5.74, 6) is 0. The van der Waals surface area contributed by atoms with Gasteiger partial charge in [0.15, 0.2) is 0 Å². The van der Waals surface area contributed by atoms with Crippen LogP contribution in [0.15, 0.2) is 0 Å². The normalized spacial score (nSPS) is 0. The standard InChI is InChI=1S/Co.6FH/h;6*1H. The van der Waals surface area contributed by atoms with Crippen LogP contribution >= 0.6 is 0 Å². The summed E-state index contributed by atoms with van der Waals surface area (Å²) < 4.78 is 0. The molecule has 0 heterocycles. The number of rotatable bonds is 0. The first-order valence-electron chi connectivity index (χ1n) is 0. The van der Waals surface area contributed by atoms with E-state index in [9.17, 15) is 0 Å². The summed E-state index contributed by atoms with van der Waals surface area (Å²) in [6, 6.07) is 0. The van der Waals surface area contributed by atoms with Gasteiger partial charge in [-0.1, -0.05) is 0 Å². The third-order valence-electron chi connectivity index (χ3n) is 0. The molecule has 7 heavy (non-hydrogen) atoms. The smallest absolute Gasteiger partial charge is 0 e. The van der Waals surface area contributed by atoms with E-state index in [1.54, 1.807) is 0 Å². The van der Waals surface area contributed by atoms with E-state index >= 15 is 0 Å². The molecule has 0 N–H and O–H groups in total.